The molecule has 1 amide bonds. The molecule has 3 atom stereocenters. The molecule has 1 saturated carbocycles. The minimum atomic E-state index is -3.92. The summed E-state index contributed by atoms with van der Waals surface area (Å²) < 4.78 is 51.9. The van der Waals surface area contributed by atoms with Crippen molar-refractivity contribution in [2.75, 3.05) is 40.3 Å². The molecule has 2 aromatic carbocycles. The molecule has 0 unspecified atom stereocenters. The van der Waals surface area contributed by atoms with E-state index in [0.717, 1.165) is 41.1 Å². The zero-order chi connectivity index (χ0) is 34.1. The maximum Gasteiger partial charge on any atom is 0.513 e. The smallest absolute Gasteiger partial charge is 0.497 e. The predicted octanol–water partition coefficient (Wildman–Crippen LogP) is 5.70. The van der Waals surface area contributed by atoms with Crippen molar-refractivity contribution in [2.45, 2.75) is 82.1 Å². The number of nitrogens with zero attached hydrogens (tertiary/aromatic N) is 3. The van der Waals surface area contributed by atoms with Crippen LogP contribution in [-0.4, -0.2) is 104 Å². The van der Waals surface area contributed by atoms with Crippen LogP contribution < -0.4 is 9.47 Å². The Morgan fingerprint density at radius 3 is 2.36 bits per heavy atom. The lowest BCUT2D eigenvalue weighted by Gasteiger charge is -2.36. The number of hydrogen-bond donors (Lipinski definition) is 1. The Balaban J connectivity index is 1.43. The molecule has 2 aromatic rings. The van der Waals surface area contributed by atoms with Gasteiger partial charge in [-0.2, -0.15) is 17.0 Å². The van der Waals surface area contributed by atoms with Crippen LogP contribution in [0, 0.1) is 0 Å². The topological polar surface area (TPSA) is 135 Å². The van der Waals surface area contributed by atoms with Crippen LogP contribution in [0.15, 0.2) is 48.5 Å². The number of carboxylic acid groups (broad SMARTS) is 1. The van der Waals surface area contributed by atoms with Gasteiger partial charge in [-0.3, -0.25) is 4.90 Å². The Bertz CT molecular complexity index is 1440. The van der Waals surface area contributed by atoms with E-state index < -0.39 is 40.6 Å². The molecule has 1 aliphatic heterocycles. The lowest BCUT2D eigenvalue weighted by Crippen LogP contribution is -2.53. The highest BCUT2D eigenvalue weighted by molar-refractivity contribution is 7.86. The third kappa shape index (κ3) is 9.50. The number of hydrogen-bond acceptors (Lipinski definition) is 8. The number of methoxy groups -OCH3 is 1. The molecule has 2 fully saturated rings. The van der Waals surface area contributed by atoms with Gasteiger partial charge in [0.05, 0.1) is 38.5 Å². The highest BCUT2D eigenvalue weighted by Gasteiger charge is 2.48. The van der Waals surface area contributed by atoms with Gasteiger partial charge < -0.3 is 24.1 Å². The average Bonchev–Trinajstić information content (AvgIpc) is 3.38. The molecule has 1 aliphatic carbocycles. The first kappa shape index (κ1) is 36.7. The van der Waals surface area contributed by atoms with E-state index in [4.69, 9.17) is 30.5 Å². The van der Waals surface area contributed by atoms with Gasteiger partial charge in [-0.05, 0) is 86.8 Å². The molecule has 47 heavy (non-hydrogen) atoms. The Kier molecular flexibility index (Phi) is 13.2. The van der Waals surface area contributed by atoms with Gasteiger partial charge in [0.25, 0.3) is 10.2 Å². The van der Waals surface area contributed by atoms with E-state index in [0.29, 0.717) is 30.2 Å². The van der Waals surface area contributed by atoms with Gasteiger partial charge >= 0.3 is 12.2 Å². The van der Waals surface area contributed by atoms with E-state index in [9.17, 15) is 23.1 Å². The molecule has 0 aromatic heterocycles. The highest BCUT2D eigenvalue weighted by Crippen LogP contribution is 2.37. The van der Waals surface area contributed by atoms with Crippen molar-refractivity contribution in [1.82, 2.24) is 13.5 Å². The van der Waals surface area contributed by atoms with E-state index in [2.05, 4.69) is 0 Å². The normalized spacial score (nSPS) is 23.2. The zero-order valence-electron chi connectivity index (χ0n) is 27.4. The summed E-state index contributed by atoms with van der Waals surface area (Å²) in [6, 6.07) is 12.9. The Morgan fingerprint density at radius 1 is 1.04 bits per heavy atom. The van der Waals surface area contributed by atoms with E-state index >= 15 is 0 Å². The molecule has 1 N–H and O–H groups in total. The molecular weight excluding hydrogens is 650 g/mol. The van der Waals surface area contributed by atoms with Gasteiger partial charge in [-0.25, -0.2) is 9.59 Å². The molecule has 0 spiro atoms. The summed E-state index contributed by atoms with van der Waals surface area (Å²) in [5.41, 5.74) is 1.81. The summed E-state index contributed by atoms with van der Waals surface area (Å²) in [5, 5.41) is 10.2. The van der Waals surface area contributed by atoms with Gasteiger partial charge in [-0.15, -0.1) is 11.6 Å². The summed E-state index contributed by atoms with van der Waals surface area (Å²) in [6.45, 7) is 2.15. The first-order valence-corrected chi connectivity index (χ1v) is 17.8. The van der Waals surface area contributed by atoms with Crippen molar-refractivity contribution < 1.29 is 42.1 Å². The minimum absolute atomic E-state index is 0.0743. The third-order valence-electron chi connectivity index (χ3n) is 8.91. The van der Waals surface area contributed by atoms with Crippen LogP contribution >= 0.6 is 11.6 Å². The monoisotopic (exact) mass is 695 g/mol. The Morgan fingerprint density at radius 2 is 1.74 bits per heavy atom. The van der Waals surface area contributed by atoms with Crippen LogP contribution in [0.2, 0.25) is 0 Å². The van der Waals surface area contributed by atoms with Gasteiger partial charge in [0, 0.05) is 32.6 Å². The quantitative estimate of drug-likeness (QED) is 0.114. The number of rotatable bonds is 14. The number of amides is 1. The van der Waals surface area contributed by atoms with Crippen LogP contribution in [0.5, 0.6) is 11.5 Å². The standard InChI is InChI=1S/C33H46ClN3O9S/c1-23-19-30(36(47(41,42)35(2)3)21-24-9-13-27(43-4)14-10-24)31(37(23)32(38)39)22-45-28-15-11-25(12-16-28)26-7-5-8-29(20-26)46-33(40)44-18-6-17-34/h5,7-10,13-14,20,23,25,28,30-31H,6,11-12,15-19,21-22H2,1-4H3,(H,38,39)/t23-,25?,28?,30+,31+/m1/s1. The van der Waals surface area contributed by atoms with Crippen LogP contribution in [0.4, 0.5) is 9.59 Å². The summed E-state index contributed by atoms with van der Waals surface area (Å²) in [4.78, 5) is 25.8. The summed E-state index contributed by atoms with van der Waals surface area (Å²) in [7, 11) is 0.593. The van der Waals surface area contributed by atoms with Gasteiger partial charge in [0.15, 0.2) is 0 Å². The van der Waals surface area contributed by atoms with Crippen molar-refractivity contribution in [3.8, 4) is 11.5 Å². The molecule has 4 rings (SSSR count). The molecule has 260 valence electrons. The number of benzene rings is 2. The number of halogens is 1. The van der Waals surface area contributed by atoms with E-state index in [-0.39, 0.29) is 31.8 Å². The number of likely N-dealkylation sites (tertiary alicyclic amines) is 1. The zero-order valence-corrected chi connectivity index (χ0v) is 29.0. The van der Waals surface area contributed by atoms with Gasteiger partial charge in [-0.1, -0.05) is 24.3 Å². The summed E-state index contributed by atoms with van der Waals surface area (Å²) in [5.74, 6) is 1.71. The van der Waals surface area contributed by atoms with Crippen molar-refractivity contribution in [3.63, 3.8) is 0 Å². The summed E-state index contributed by atoms with van der Waals surface area (Å²) in [6.07, 6.45) is 2.09. The number of carbonyl (C=O) groups excluding carboxylic acids is 1. The lowest BCUT2D eigenvalue weighted by atomic mass is 9.82. The third-order valence-corrected chi connectivity index (χ3v) is 11.1. The van der Waals surface area contributed by atoms with Gasteiger partial charge in [0.1, 0.15) is 11.5 Å². The SMILES string of the molecule is COc1ccc(CN([C@H]2C[C@@H](C)N(C(=O)O)[C@H]2COC2CCC(c3cccc(OC(=O)OCCCCl)c3)CC2)S(=O)(=O)N(C)C)cc1. The molecule has 1 saturated heterocycles. The van der Waals surface area contributed by atoms with Crippen LogP contribution in [0.25, 0.3) is 0 Å². The molecular formula is C33H46ClN3O9S. The van der Waals surface area contributed by atoms with Gasteiger partial charge in [0.2, 0.25) is 0 Å². The average molecular weight is 696 g/mol. The highest BCUT2D eigenvalue weighted by atomic mass is 35.5. The Labute approximate surface area is 282 Å². The largest absolute Gasteiger partial charge is 0.513 e. The molecule has 1 heterocycles. The molecule has 14 heteroatoms. The second kappa shape index (κ2) is 16.8. The fourth-order valence-electron chi connectivity index (χ4n) is 6.42. The molecule has 0 radical (unpaired) electrons. The van der Waals surface area contributed by atoms with Crippen molar-refractivity contribution in [2.24, 2.45) is 0 Å². The first-order valence-electron chi connectivity index (χ1n) is 15.9. The molecule has 0 bridgehead atoms. The van der Waals surface area contributed by atoms with Crippen LogP contribution in [-0.2, 0) is 26.2 Å². The fourth-order valence-corrected chi connectivity index (χ4v) is 7.83. The van der Waals surface area contributed by atoms with E-state index in [1.807, 2.05) is 30.3 Å². The maximum atomic E-state index is 13.7. The van der Waals surface area contributed by atoms with Crippen molar-refractivity contribution in [1.29, 1.82) is 0 Å². The lowest BCUT2D eigenvalue weighted by molar-refractivity contribution is -0.0126. The Hall–Kier alpha value is -3.10. The summed E-state index contributed by atoms with van der Waals surface area (Å²) >= 11 is 5.62. The number of alkyl halides is 1. The maximum absolute atomic E-state index is 13.7. The van der Waals surface area contributed by atoms with Crippen LogP contribution in [0.1, 0.15) is 62.5 Å². The van der Waals surface area contributed by atoms with Crippen molar-refractivity contribution >= 4 is 34.1 Å². The number of carbonyl (C=O) groups is 2. The van der Waals surface area contributed by atoms with Crippen molar-refractivity contribution in [3.05, 3.63) is 59.7 Å². The van der Waals surface area contributed by atoms with E-state index in [1.165, 1.54) is 23.3 Å². The van der Waals surface area contributed by atoms with Crippen LogP contribution in [0.3, 0.4) is 0 Å². The molecule has 12 nitrogen and oxygen atoms in total. The minimum Gasteiger partial charge on any atom is -0.497 e. The number of ether oxygens (including phenoxy) is 4. The van der Waals surface area contributed by atoms with E-state index in [1.54, 1.807) is 32.2 Å². The fraction of sp³-hybridized carbons (Fsp3) is 0.576. The first-order chi connectivity index (χ1) is 22.4. The predicted molar refractivity (Wildman–Crippen MR) is 177 cm³/mol. The molecule has 2 aliphatic rings. The second-order valence-electron chi connectivity index (χ2n) is 12.2. The second-order valence-corrected chi connectivity index (χ2v) is 14.7.